The van der Waals surface area contributed by atoms with Crippen molar-refractivity contribution in [2.75, 3.05) is 18.4 Å². The van der Waals surface area contributed by atoms with Crippen molar-refractivity contribution in [2.24, 2.45) is 0 Å². The van der Waals surface area contributed by atoms with Crippen LogP contribution in [0.3, 0.4) is 0 Å². The summed E-state index contributed by atoms with van der Waals surface area (Å²) in [4.78, 5) is 26.2. The lowest BCUT2D eigenvalue weighted by atomic mass is 10.1. The van der Waals surface area contributed by atoms with Gasteiger partial charge in [-0.05, 0) is 49.2 Å². The van der Waals surface area contributed by atoms with Gasteiger partial charge in [-0.25, -0.2) is 0 Å². The Hall–Kier alpha value is -2.62. The van der Waals surface area contributed by atoms with Crippen molar-refractivity contribution in [3.8, 4) is 0 Å². The standard InChI is InChI=1S/C18H18N2O2/c21-17(14-6-2-1-3-7-14)19-16-10-8-15(9-11-16)18(22)20-12-4-5-13-20/h1-3,6-11H,4-5,12-13H2,(H,19,21). The fourth-order valence-electron chi connectivity index (χ4n) is 2.59. The van der Waals surface area contributed by atoms with Gasteiger partial charge in [0.05, 0.1) is 0 Å². The van der Waals surface area contributed by atoms with E-state index in [4.69, 9.17) is 0 Å². The van der Waals surface area contributed by atoms with Crippen LogP contribution in [0.15, 0.2) is 54.6 Å². The number of nitrogens with zero attached hydrogens (tertiary/aromatic N) is 1. The van der Waals surface area contributed by atoms with Crippen LogP contribution in [-0.2, 0) is 0 Å². The Balaban J connectivity index is 1.66. The molecule has 0 aromatic heterocycles. The fourth-order valence-corrected chi connectivity index (χ4v) is 2.59. The maximum atomic E-state index is 12.2. The lowest BCUT2D eigenvalue weighted by molar-refractivity contribution is 0.0792. The largest absolute Gasteiger partial charge is 0.339 e. The SMILES string of the molecule is O=C(Nc1ccc(C(=O)N2CCCC2)cc1)c1ccccc1. The number of likely N-dealkylation sites (tertiary alicyclic amines) is 1. The van der Waals surface area contributed by atoms with Crippen molar-refractivity contribution in [1.29, 1.82) is 0 Å². The molecule has 0 unspecified atom stereocenters. The predicted octanol–water partition coefficient (Wildman–Crippen LogP) is 3.17. The molecule has 4 nitrogen and oxygen atoms in total. The number of carbonyl (C=O) groups excluding carboxylic acids is 2. The van der Waals surface area contributed by atoms with Crippen molar-refractivity contribution >= 4 is 17.5 Å². The van der Waals surface area contributed by atoms with E-state index in [0.29, 0.717) is 16.8 Å². The van der Waals surface area contributed by atoms with Gasteiger partial charge in [-0.1, -0.05) is 18.2 Å². The number of nitrogens with one attached hydrogen (secondary N) is 1. The van der Waals surface area contributed by atoms with E-state index in [-0.39, 0.29) is 11.8 Å². The van der Waals surface area contributed by atoms with Crippen LogP contribution in [-0.4, -0.2) is 29.8 Å². The molecule has 112 valence electrons. The molecule has 2 amide bonds. The van der Waals surface area contributed by atoms with Crippen LogP contribution < -0.4 is 5.32 Å². The molecule has 22 heavy (non-hydrogen) atoms. The summed E-state index contributed by atoms with van der Waals surface area (Å²) in [7, 11) is 0. The van der Waals surface area contributed by atoms with E-state index < -0.39 is 0 Å². The van der Waals surface area contributed by atoms with E-state index in [1.807, 2.05) is 23.1 Å². The molecule has 0 aliphatic carbocycles. The van der Waals surface area contributed by atoms with Gasteiger partial charge >= 0.3 is 0 Å². The molecule has 0 spiro atoms. The summed E-state index contributed by atoms with van der Waals surface area (Å²) >= 11 is 0. The lowest BCUT2D eigenvalue weighted by Crippen LogP contribution is -2.27. The molecule has 3 rings (SSSR count). The Kier molecular flexibility index (Phi) is 4.19. The molecule has 1 saturated heterocycles. The van der Waals surface area contributed by atoms with Crippen LogP contribution >= 0.6 is 0 Å². The van der Waals surface area contributed by atoms with Crippen molar-refractivity contribution in [3.63, 3.8) is 0 Å². The second kappa shape index (κ2) is 6.43. The molecule has 1 heterocycles. The van der Waals surface area contributed by atoms with Crippen molar-refractivity contribution in [3.05, 3.63) is 65.7 Å². The minimum Gasteiger partial charge on any atom is -0.339 e. The number of carbonyl (C=O) groups is 2. The summed E-state index contributed by atoms with van der Waals surface area (Å²) in [6.45, 7) is 1.68. The highest BCUT2D eigenvalue weighted by molar-refractivity contribution is 6.04. The maximum Gasteiger partial charge on any atom is 0.255 e. The second-order valence-electron chi connectivity index (χ2n) is 5.40. The first kappa shape index (κ1) is 14.3. The molecular weight excluding hydrogens is 276 g/mol. The highest BCUT2D eigenvalue weighted by Gasteiger charge is 2.19. The smallest absolute Gasteiger partial charge is 0.255 e. The van der Waals surface area contributed by atoms with Gasteiger partial charge in [0.2, 0.25) is 0 Å². The fraction of sp³-hybridized carbons (Fsp3) is 0.222. The first-order valence-corrected chi connectivity index (χ1v) is 7.50. The molecular formula is C18H18N2O2. The average molecular weight is 294 g/mol. The third-order valence-electron chi connectivity index (χ3n) is 3.82. The first-order valence-electron chi connectivity index (χ1n) is 7.50. The van der Waals surface area contributed by atoms with Gasteiger partial charge < -0.3 is 10.2 Å². The molecule has 2 aromatic rings. The van der Waals surface area contributed by atoms with E-state index in [0.717, 1.165) is 25.9 Å². The molecule has 0 bridgehead atoms. The minimum absolute atomic E-state index is 0.0680. The zero-order chi connectivity index (χ0) is 15.4. The van der Waals surface area contributed by atoms with Crippen molar-refractivity contribution in [1.82, 2.24) is 4.90 Å². The highest BCUT2D eigenvalue weighted by atomic mass is 16.2. The number of anilines is 1. The molecule has 4 heteroatoms. The van der Waals surface area contributed by atoms with Gasteiger partial charge in [0.1, 0.15) is 0 Å². The van der Waals surface area contributed by atoms with E-state index in [1.54, 1.807) is 36.4 Å². The van der Waals surface area contributed by atoms with Gasteiger partial charge in [-0.15, -0.1) is 0 Å². The Labute approximate surface area is 129 Å². The zero-order valence-corrected chi connectivity index (χ0v) is 12.3. The number of rotatable bonds is 3. The Bertz CT molecular complexity index is 659. The summed E-state index contributed by atoms with van der Waals surface area (Å²) in [5.74, 6) is -0.0855. The van der Waals surface area contributed by atoms with Gasteiger partial charge in [-0.3, -0.25) is 9.59 Å². The van der Waals surface area contributed by atoms with Crippen LogP contribution in [0.25, 0.3) is 0 Å². The zero-order valence-electron chi connectivity index (χ0n) is 12.3. The second-order valence-corrected chi connectivity index (χ2v) is 5.40. The maximum absolute atomic E-state index is 12.2. The molecule has 1 N–H and O–H groups in total. The van der Waals surface area contributed by atoms with E-state index >= 15 is 0 Å². The predicted molar refractivity (Wildman–Crippen MR) is 86.0 cm³/mol. The number of hydrogen-bond donors (Lipinski definition) is 1. The normalized spacial score (nSPS) is 13.9. The monoisotopic (exact) mass is 294 g/mol. The van der Waals surface area contributed by atoms with E-state index in [1.165, 1.54) is 0 Å². The summed E-state index contributed by atoms with van der Waals surface area (Å²) in [6, 6.07) is 16.1. The minimum atomic E-state index is -0.154. The first-order chi connectivity index (χ1) is 10.7. The van der Waals surface area contributed by atoms with Crippen molar-refractivity contribution in [2.45, 2.75) is 12.8 Å². The molecule has 1 aliphatic rings. The van der Waals surface area contributed by atoms with Gasteiger partial charge in [0.15, 0.2) is 0 Å². The summed E-state index contributed by atoms with van der Waals surface area (Å²) in [5.41, 5.74) is 1.96. The molecule has 0 atom stereocenters. The van der Waals surface area contributed by atoms with Crippen LogP contribution in [0, 0.1) is 0 Å². The highest BCUT2D eigenvalue weighted by Crippen LogP contribution is 2.16. The molecule has 1 fully saturated rings. The average Bonchev–Trinajstić information content (AvgIpc) is 3.10. The molecule has 0 saturated carbocycles. The summed E-state index contributed by atoms with van der Waals surface area (Å²) < 4.78 is 0. The quantitative estimate of drug-likeness (QED) is 0.945. The third-order valence-corrected chi connectivity index (χ3v) is 3.82. The summed E-state index contributed by atoms with van der Waals surface area (Å²) in [5, 5.41) is 2.83. The summed E-state index contributed by atoms with van der Waals surface area (Å²) in [6.07, 6.45) is 2.16. The molecule has 2 aromatic carbocycles. The van der Waals surface area contributed by atoms with Gasteiger partial charge in [0, 0.05) is 29.9 Å². The Morgan fingerprint density at radius 2 is 1.45 bits per heavy atom. The number of amides is 2. The number of hydrogen-bond acceptors (Lipinski definition) is 2. The van der Waals surface area contributed by atoms with Crippen LogP contribution in [0.1, 0.15) is 33.6 Å². The lowest BCUT2D eigenvalue weighted by Gasteiger charge is -2.15. The van der Waals surface area contributed by atoms with Gasteiger partial charge in [-0.2, -0.15) is 0 Å². The van der Waals surface area contributed by atoms with Gasteiger partial charge in [0.25, 0.3) is 11.8 Å². The Morgan fingerprint density at radius 1 is 0.818 bits per heavy atom. The van der Waals surface area contributed by atoms with Crippen LogP contribution in [0.5, 0.6) is 0 Å². The van der Waals surface area contributed by atoms with E-state index in [9.17, 15) is 9.59 Å². The van der Waals surface area contributed by atoms with E-state index in [2.05, 4.69) is 5.32 Å². The van der Waals surface area contributed by atoms with Crippen LogP contribution in [0.2, 0.25) is 0 Å². The topological polar surface area (TPSA) is 49.4 Å². The molecule has 0 radical (unpaired) electrons. The Morgan fingerprint density at radius 3 is 2.09 bits per heavy atom. The molecule has 1 aliphatic heterocycles. The van der Waals surface area contributed by atoms with Crippen LogP contribution in [0.4, 0.5) is 5.69 Å². The van der Waals surface area contributed by atoms with Crippen molar-refractivity contribution < 1.29 is 9.59 Å². The number of benzene rings is 2. The third kappa shape index (κ3) is 3.17.